The van der Waals surface area contributed by atoms with Crippen molar-refractivity contribution in [1.29, 1.82) is 0 Å². The number of benzene rings is 1. The van der Waals surface area contributed by atoms with Crippen LogP contribution in [0.2, 0.25) is 0 Å². The summed E-state index contributed by atoms with van der Waals surface area (Å²) in [6, 6.07) is 7.39. The van der Waals surface area contributed by atoms with Crippen molar-refractivity contribution in [2.24, 2.45) is 0 Å². The summed E-state index contributed by atoms with van der Waals surface area (Å²) in [5.41, 5.74) is 1.08. The Hall–Kier alpha value is -1.92. The van der Waals surface area contributed by atoms with Gasteiger partial charge >= 0.3 is 7.12 Å². The Kier molecular flexibility index (Phi) is 4.49. The first-order chi connectivity index (χ1) is 9.16. The number of pyridine rings is 1. The molecule has 2 aromatic rings. The summed E-state index contributed by atoms with van der Waals surface area (Å²) in [6.07, 6.45) is 4.03. The predicted octanol–water partition coefficient (Wildman–Crippen LogP) is 0.522. The maximum absolute atomic E-state index is 13.0. The van der Waals surface area contributed by atoms with Crippen molar-refractivity contribution in [3.63, 3.8) is 0 Å². The van der Waals surface area contributed by atoms with Crippen LogP contribution < -0.4 is 10.2 Å². The molecule has 0 spiro atoms. The Bertz CT molecular complexity index is 537. The number of rotatable bonds is 5. The van der Waals surface area contributed by atoms with Gasteiger partial charge < -0.3 is 14.8 Å². The van der Waals surface area contributed by atoms with E-state index in [0.717, 1.165) is 11.6 Å². The fourth-order valence-corrected chi connectivity index (χ4v) is 1.68. The van der Waals surface area contributed by atoms with E-state index in [1.165, 1.54) is 12.1 Å². The topological polar surface area (TPSA) is 62.6 Å². The van der Waals surface area contributed by atoms with Gasteiger partial charge in [0.15, 0.2) is 0 Å². The van der Waals surface area contributed by atoms with E-state index in [1.54, 1.807) is 12.4 Å². The van der Waals surface area contributed by atoms with Crippen molar-refractivity contribution in [1.82, 2.24) is 4.98 Å². The van der Waals surface area contributed by atoms with Gasteiger partial charge in [-0.05, 0) is 35.9 Å². The molecule has 19 heavy (non-hydrogen) atoms. The van der Waals surface area contributed by atoms with E-state index in [2.05, 4.69) is 4.98 Å². The van der Waals surface area contributed by atoms with Gasteiger partial charge in [0.1, 0.15) is 11.6 Å². The van der Waals surface area contributed by atoms with Gasteiger partial charge in [0.2, 0.25) is 0 Å². The first kappa shape index (κ1) is 13.5. The first-order valence-corrected chi connectivity index (χ1v) is 5.84. The monoisotopic (exact) mass is 261 g/mol. The van der Waals surface area contributed by atoms with Crippen LogP contribution in [0, 0.1) is 5.82 Å². The van der Waals surface area contributed by atoms with Gasteiger partial charge in [-0.1, -0.05) is 0 Å². The zero-order valence-electron chi connectivity index (χ0n) is 10.2. The quantitative estimate of drug-likeness (QED) is 0.770. The highest BCUT2D eigenvalue weighted by molar-refractivity contribution is 6.59. The lowest BCUT2D eigenvalue weighted by Crippen LogP contribution is -2.32. The molecule has 0 saturated heterocycles. The molecule has 0 fully saturated rings. The zero-order valence-corrected chi connectivity index (χ0v) is 10.2. The van der Waals surface area contributed by atoms with E-state index < -0.39 is 12.9 Å². The fraction of sp³-hybridized carbons (Fsp3) is 0.154. The van der Waals surface area contributed by atoms with E-state index >= 15 is 0 Å². The van der Waals surface area contributed by atoms with Crippen LogP contribution in [-0.4, -0.2) is 28.8 Å². The van der Waals surface area contributed by atoms with Crippen LogP contribution in [-0.2, 0) is 6.42 Å². The lowest BCUT2D eigenvalue weighted by molar-refractivity contribution is 0.321. The number of nitrogens with zero attached hydrogens (tertiary/aromatic N) is 1. The van der Waals surface area contributed by atoms with Crippen LogP contribution in [0.3, 0.4) is 0 Å². The minimum Gasteiger partial charge on any atom is -0.494 e. The normalized spacial score (nSPS) is 10.3. The molecule has 0 unspecified atom stereocenters. The SMILES string of the molecule is OB(O)c1cc(F)ccc1OCCc1ccncc1. The summed E-state index contributed by atoms with van der Waals surface area (Å²) < 4.78 is 18.5. The van der Waals surface area contributed by atoms with Gasteiger partial charge in [-0.25, -0.2) is 4.39 Å². The summed E-state index contributed by atoms with van der Waals surface area (Å²) in [5.74, 6) is -0.268. The van der Waals surface area contributed by atoms with Gasteiger partial charge in [0.05, 0.1) is 6.61 Å². The predicted molar refractivity (Wildman–Crippen MR) is 69.7 cm³/mol. The minimum atomic E-state index is -1.76. The number of aromatic nitrogens is 1. The van der Waals surface area contributed by atoms with Gasteiger partial charge in [-0.3, -0.25) is 4.98 Å². The first-order valence-electron chi connectivity index (χ1n) is 5.84. The molecule has 1 aromatic heterocycles. The van der Waals surface area contributed by atoms with Gasteiger partial charge in [0.25, 0.3) is 0 Å². The Morgan fingerprint density at radius 3 is 2.58 bits per heavy atom. The highest BCUT2D eigenvalue weighted by Crippen LogP contribution is 2.10. The molecule has 0 aliphatic rings. The molecular formula is C13H13BFNO3. The van der Waals surface area contributed by atoms with E-state index in [4.69, 9.17) is 14.8 Å². The number of ether oxygens (including phenoxy) is 1. The fourth-order valence-electron chi connectivity index (χ4n) is 1.68. The van der Waals surface area contributed by atoms with Crippen molar-refractivity contribution in [2.45, 2.75) is 6.42 Å². The zero-order chi connectivity index (χ0) is 13.7. The standard InChI is InChI=1S/C13H13BFNO3/c15-11-1-2-13(12(9-11)14(17)18)19-8-5-10-3-6-16-7-4-10/h1-4,6-7,9,17-18H,5,8H2. The van der Waals surface area contributed by atoms with Gasteiger partial charge in [-0.2, -0.15) is 0 Å². The summed E-state index contributed by atoms with van der Waals surface area (Å²) in [4.78, 5) is 3.91. The number of hydrogen-bond acceptors (Lipinski definition) is 4. The molecule has 0 saturated carbocycles. The second-order valence-corrected chi connectivity index (χ2v) is 4.01. The third-order valence-electron chi connectivity index (χ3n) is 2.65. The highest BCUT2D eigenvalue weighted by atomic mass is 19.1. The molecule has 0 atom stereocenters. The molecule has 0 bridgehead atoms. The van der Waals surface area contributed by atoms with Crippen LogP contribution >= 0.6 is 0 Å². The average Bonchev–Trinajstić information content (AvgIpc) is 2.41. The second kappa shape index (κ2) is 6.31. The molecule has 4 nitrogen and oxygen atoms in total. The lowest BCUT2D eigenvalue weighted by atomic mass is 9.79. The van der Waals surface area contributed by atoms with E-state index in [1.807, 2.05) is 12.1 Å². The third-order valence-corrected chi connectivity index (χ3v) is 2.65. The Morgan fingerprint density at radius 1 is 1.16 bits per heavy atom. The molecule has 98 valence electrons. The van der Waals surface area contributed by atoms with Crippen LogP contribution in [0.15, 0.2) is 42.7 Å². The molecule has 2 N–H and O–H groups in total. The molecule has 0 amide bonds. The second-order valence-electron chi connectivity index (χ2n) is 4.01. The van der Waals surface area contributed by atoms with Crippen molar-refractivity contribution in [3.8, 4) is 5.75 Å². The maximum atomic E-state index is 13.0. The minimum absolute atomic E-state index is 0.0229. The van der Waals surface area contributed by atoms with Crippen molar-refractivity contribution >= 4 is 12.6 Å². The lowest BCUT2D eigenvalue weighted by Gasteiger charge is -2.11. The van der Waals surface area contributed by atoms with E-state index in [-0.39, 0.29) is 11.2 Å². The average molecular weight is 261 g/mol. The van der Waals surface area contributed by atoms with Crippen LogP contribution in [0.4, 0.5) is 4.39 Å². The third kappa shape index (κ3) is 3.77. The summed E-state index contributed by atoms with van der Waals surface area (Å²) >= 11 is 0. The molecule has 1 heterocycles. The van der Waals surface area contributed by atoms with Crippen molar-refractivity contribution in [2.75, 3.05) is 6.61 Å². The summed E-state index contributed by atoms with van der Waals surface area (Å²) in [5, 5.41) is 18.3. The number of halogens is 1. The molecule has 0 aliphatic heterocycles. The molecule has 2 rings (SSSR count). The molecular weight excluding hydrogens is 248 g/mol. The molecule has 6 heteroatoms. The summed E-state index contributed by atoms with van der Waals surface area (Å²) in [6.45, 7) is 0.357. The Labute approximate surface area is 110 Å². The largest absolute Gasteiger partial charge is 0.494 e. The molecule has 0 radical (unpaired) electrons. The maximum Gasteiger partial charge on any atom is 0.492 e. The molecule has 0 aliphatic carbocycles. The Balaban J connectivity index is 2.00. The van der Waals surface area contributed by atoms with E-state index in [0.29, 0.717) is 13.0 Å². The van der Waals surface area contributed by atoms with Crippen LogP contribution in [0.5, 0.6) is 5.75 Å². The summed E-state index contributed by atoms with van der Waals surface area (Å²) in [7, 11) is -1.76. The number of hydrogen-bond donors (Lipinski definition) is 2. The van der Waals surface area contributed by atoms with Crippen LogP contribution in [0.1, 0.15) is 5.56 Å². The highest BCUT2D eigenvalue weighted by Gasteiger charge is 2.18. The Morgan fingerprint density at radius 2 is 1.89 bits per heavy atom. The molecule has 1 aromatic carbocycles. The van der Waals surface area contributed by atoms with E-state index in [9.17, 15) is 4.39 Å². The van der Waals surface area contributed by atoms with Gasteiger partial charge in [-0.15, -0.1) is 0 Å². The van der Waals surface area contributed by atoms with Crippen molar-refractivity contribution in [3.05, 3.63) is 54.1 Å². The van der Waals surface area contributed by atoms with Gasteiger partial charge in [0, 0.05) is 24.3 Å². The van der Waals surface area contributed by atoms with Crippen LogP contribution in [0.25, 0.3) is 0 Å². The van der Waals surface area contributed by atoms with Crippen molar-refractivity contribution < 1.29 is 19.2 Å². The smallest absolute Gasteiger partial charge is 0.492 e.